The Kier molecular flexibility index (Phi) is 3.21. The number of nitrogens with one attached hydrogen (secondary N) is 1. The van der Waals surface area contributed by atoms with Crippen molar-refractivity contribution in [3.05, 3.63) is 52.0 Å². The van der Waals surface area contributed by atoms with Gasteiger partial charge in [-0.05, 0) is 42.3 Å². The standard InChI is InChI=1S/C15H12Cl2N2/c1-2-9-3-4-13-14(5-9)19-15(18-13)10-6-11(16)8-12(17)7-10/h3-8H,2H2,1H3,(H,18,19). The number of aromatic nitrogens is 2. The van der Waals surface area contributed by atoms with E-state index < -0.39 is 0 Å². The Bertz CT molecular complexity index is 727. The first kappa shape index (κ1) is 12.5. The minimum Gasteiger partial charge on any atom is -0.338 e. The molecule has 0 aliphatic carbocycles. The van der Waals surface area contributed by atoms with Crippen LogP contribution in [-0.2, 0) is 6.42 Å². The van der Waals surface area contributed by atoms with Crippen LogP contribution in [0.4, 0.5) is 0 Å². The number of benzene rings is 2. The van der Waals surface area contributed by atoms with Crippen molar-refractivity contribution in [2.24, 2.45) is 0 Å². The largest absolute Gasteiger partial charge is 0.338 e. The zero-order valence-corrected chi connectivity index (χ0v) is 11.9. The van der Waals surface area contributed by atoms with Gasteiger partial charge in [0.15, 0.2) is 0 Å². The summed E-state index contributed by atoms with van der Waals surface area (Å²) in [5.74, 6) is 0.785. The second kappa shape index (κ2) is 4.87. The first-order valence-electron chi connectivity index (χ1n) is 6.11. The van der Waals surface area contributed by atoms with Crippen LogP contribution in [0.15, 0.2) is 36.4 Å². The molecule has 0 aliphatic heterocycles. The van der Waals surface area contributed by atoms with Crippen molar-refractivity contribution < 1.29 is 0 Å². The number of aromatic amines is 1. The Balaban J connectivity index is 2.14. The van der Waals surface area contributed by atoms with Gasteiger partial charge in [-0.25, -0.2) is 4.98 Å². The molecule has 0 aliphatic rings. The van der Waals surface area contributed by atoms with Crippen LogP contribution in [0.25, 0.3) is 22.4 Å². The number of halogens is 2. The highest BCUT2D eigenvalue weighted by Gasteiger charge is 2.07. The van der Waals surface area contributed by atoms with Crippen LogP contribution in [0.3, 0.4) is 0 Å². The SMILES string of the molecule is CCc1ccc2nc(-c3cc(Cl)cc(Cl)c3)[nH]c2c1. The number of imidazole rings is 1. The smallest absolute Gasteiger partial charge is 0.138 e. The Labute approximate surface area is 121 Å². The number of rotatable bonds is 2. The molecular weight excluding hydrogens is 279 g/mol. The Morgan fingerprint density at radius 1 is 1.05 bits per heavy atom. The van der Waals surface area contributed by atoms with Gasteiger partial charge < -0.3 is 4.98 Å². The van der Waals surface area contributed by atoms with E-state index >= 15 is 0 Å². The van der Waals surface area contributed by atoms with Gasteiger partial charge in [-0.3, -0.25) is 0 Å². The van der Waals surface area contributed by atoms with Crippen molar-refractivity contribution in [1.29, 1.82) is 0 Å². The van der Waals surface area contributed by atoms with Crippen molar-refractivity contribution in [1.82, 2.24) is 9.97 Å². The van der Waals surface area contributed by atoms with E-state index in [4.69, 9.17) is 23.2 Å². The van der Waals surface area contributed by atoms with E-state index in [1.165, 1.54) is 5.56 Å². The van der Waals surface area contributed by atoms with Gasteiger partial charge in [-0.15, -0.1) is 0 Å². The topological polar surface area (TPSA) is 28.7 Å². The average molecular weight is 291 g/mol. The zero-order chi connectivity index (χ0) is 13.4. The number of nitrogens with zero attached hydrogens (tertiary/aromatic N) is 1. The van der Waals surface area contributed by atoms with Crippen molar-refractivity contribution in [3.8, 4) is 11.4 Å². The summed E-state index contributed by atoms with van der Waals surface area (Å²) < 4.78 is 0. The Morgan fingerprint density at radius 2 is 1.79 bits per heavy atom. The van der Waals surface area contributed by atoms with Crippen LogP contribution in [0.5, 0.6) is 0 Å². The second-order valence-electron chi connectivity index (χ2n) is 4.45. The first-order valence-corrected chi connectivity index (χ1v) is 6.86. The maximum absolute atomic E-state index is 6.02. The summed E-state index contributed by atoms with van der Waals surface area (Å²) in [5.41, 5.74) is 4.16. The monoisotopic (exact) mass is 290 g/mol. The molecule has 0 spiro atoms. The van der Waals surface area contributed by atoms with Crippen molar-refractivity contribution in [2.75, 3.05) is 0 Å². The molecule has 4 heteroatoms. The van der Waals surface area contributed by atoms with Crippen molar-refractivity contribution in [2.45, 2.75) is 13.3 Å². The van der Waals surface area contributed by atoms with Gasteiger partial charge in [0, 0.05) is 15.6 Å². The molecule has 0 amide bonds. The summed E-state index contributed by atoms with van der Waals surface area (Å²) >= 11 is 12.0. The minimum atomic E-state index is 0.609. The van der Waals surface area contributed by atoms with E-state index in [1.54, 1.807) is 6.07 Å². The van der Waals surface area contributed by atoms with Gasteiger partial charge >= 0.3 is 0 Å². The van der Waals surface area contributed by atoms with Crippen LogP contribution in [0.2, 0.25) is 10.0 Å². The summed E-state index contributed by atoms with van der Waals surface area (Å²) in [6.45, 7) is 2.13. The molecule has 0 atom stereocenters. The third-order valence-electron chi connectivity index (χ3n) is 3.09. The predicted molar refractivity (Wildman–Crippen MR) is 80.9 cm³/mol. The number of hydrogen-bond acceptors (Lipinski definition) is 1. The molecule has 1 N–H and O–H groups in total. The van der Waals surface area contributed by atoms with E-state index in [0.29, 0.717) is 10.0 Å². The van der Waals surface area contributed by atoms with Crippen LogP contribution < -0.4 is 0 Å². The van der Waals surface area contributed by atoms with Crippen LogP contribution >= 0.6 is 23.2 Å². The molecule has 3 rings (SSSR count). The highest BCUT2D eigenvalue weighted by Crippen LogP contribution is 2.27. The third-order valence-corrected chi connectivity index (χ3v) is 3.53. The molecule has 0 bridgehead atoms. The molecule has 0 fully saturated rings. The Hall–Kier alpha value is -1.51. The molecule has 2 nitrogen and oxygen atoms in total. The highest BCUT2D eigenvalue weighted by atomic mass is 35.5. The summed E-state index contributed by atoms with van der Waals surface area (Å²) in [7, 11) is 0. The molecule has 0 saturated carbocycles. The van der Waals surface area contributed by atoms with Crippen molar-refractivity contribution in [3.63, 3.8) is 0 Å². The molecule has 0 saturated heterocycles. The molecule has 19 heavy (non-hydrogen) atoms. The molecule has 0 unspecified atom stereocenters. The molecule has 0 radical (unpaired) electrons. The third kappa shape index (κ3) is 2.46. The highest BCUT2D eigenvalue weighted by molar-refractivity contribution is 6.35. The number of aryl methyl sites for hydroxylation is 1. The average Bonchev–Trinajstić information content (AvgIpc) is 2.80. The molecule has 3 aromatic rings. The van der Waals surface area contributed by atoms with Crippen LogP contribution in [0, 0.1) is 0 Å². The summed E-state index contributed by atoms with van der Waals surface area (Å²) in [4.78, 5) is 7.88. The molecule has 96 valence electrons. The fourth-order valence-electron chi connectivity index (χ4n) is 2.10. The summed E-state index contributed by atoms with van der Waals surface area (Å²) in [6, 6.07) is 11.7. The molecule has 2 aromatic carbocycles. The van der Waals surface area contributed by atoms with E-state index in [1.807, 2.05) is 18.2 Å². The predicted octanol–water partition coefficient (Wildman–Crippen LogP) is 5.10. The van der Waals surface area contributed by atoms with Gasteiger partial charge in [0.2, 0.25) is 0 Å². The molecule has 1 aromatic heterocycles. The van der Waals surface area contributed by atoms with E-state index in [2.05, 4.69) is 29.0 Å². The van der Waals surface area contributed by atoms with Gasteiger partial charge in [0.05, 0.1) is 11.0 Å². The van der Waals surface area contributed by atoms with Crippen LogP contribution in [-0.4, -0.2) is 9.97 Å². The summed E-state index contributed by atoms with van der Waals surface area (Å²) in [6.07, 6.45) is 1.01. The zero-order valence-electron chi connectivity index (χ0n) is 10.4. The lowest BCUT2D eigenvalue weighted by Gasteiger charge is -1.99. The lowest BCUT2D eigenvalue weighted by molar-refractivity contribution is 1.14. The molecule has 1 heterocycles. The van der Waals surface area contributed by atoms with E-state index in [0.717, 1.165) is 28.8 Å². The maximum atomic E-state index is 6.02. The maximum Gasteiger partial charge on any atom is 0.138 e. The lowest BCUT2D eigenvalue weighted by Crippen LogP contribution is -1.80. The van der Waals surface area contributed by atoms with Crippen molar-refractivity contribution >= 4 is 34.2 Å². The quantitative estimate of drug-likeness (QED) is 0.699. The fourth-order valence-corrected chi connectivity index (χ4v) is 2.63. The second-order valence-corrected chi connectivity index (χ2v) is 5.32. The van der Waals surface area contributed by atoms with Gasteiger partial charge in [-0.1, -0.05) is 36.2 Å². The molecular formula is C15H12Cl2N2. The number of H-pyrrole nitrogens is 1. The van der Waals surface area contributed by atoms with Gasteiger partial charge in [0.25, 0.3) is 0 Å². The lowest BCUT2D eigenvalue weighted by atomic mass is 10.1. The van der Waals surface area contributed by atoms with Gasteiger partial charge in [-0.2, -0.15) is 0 Å². The summed E-state index contributed by atoms with van der Waals surface area (Å²) in [5, 5.41) is 1.22. The first-order chi connectivity index (χ1) is 9.15. The normalized spacial score (nSPS) is 11.1. The fraction of sp³-hybridized carbons (Fsp3) is 0.133. The van der Waals surface area contributed by atoms with Crippen LogP contribution in [0.1, 0.15) is 12.5 Å². The van der Waals surface area contributed by atoms with E-state index in [9.17, 15) is 0 Å². The van der Waals surface area contributed by atoms with Gasteiger partial charge in [0.1, 0.15) is 5.82 Å². The minimum absolute atomic E-state index is 0.609. The van der Waals surface area contributed by atoms with E-state index in [-0.39, 0.29) is 0 Å². The number of hydrogen-bond donors (Lipinski definition) is 1. The Morgan fingerprint density at radius 3 is 2.47 bits per heavy atom. The number of fused-ring (bicyclic) bond motifs is 1.